The number of aliphatic hydroxyl groups is 3. The summed E-state index contributed by atoms with van der Waals surface area (Å²) in [6.45, 7) is -0.370. The minimum atomic E-state index is -1.16. The number of nitrogens with one attached hydrogen (secondary N) is 1. The molecule has 4 rings (SSSR count). The van der Waals surface area contributed by atoms with Crippen LogP contribution in [-0.2, 0) is 4.74 Å². The summed E-state index contributed by atoms with van der Waals surface area (Å²) in [7, 11) is 0. The van der Waals surface area contributed by atoms with Crippen LogP contribution in [0.15, 0.2) is 12.7 Å². The molecule has 9 nitrogen and oxygen atoms in total. The van der Waals surface area contributed by atoms with E-state index in [2.05, 4.69) is 20.3 Å². The van der Waals surface area contributed by atoms with Gasteiger partial charge in [-0.2, -0.15) is 0 Å². The zero-order valence-corrected chi connectivity index (χ0v) is 11.7. The second kappa shape index (κ2) is 5.13. The lowest BCUT2D eigenvalue weighted by Crippen LogP contribution is -2.33. The highest BCUT2D eigenvalue weighted by Gasteiger charge is 2.44. The van der Waals surface area contributed by atoms with Crippen molar-refractivity contribution in [2.75, 3.05) is 11.9 Å². The molecule has 1 aliphatic heterocycles. The highest BCUT2D eigenvalue weighted by Crippen LogP contribution is 2.33. The molecule has 1 aliphatic carbocycles. The average molecular weight is 307 g/mol. The van der Waals surface area contributed by atoms with Crippen molar-refractivity contribution in [3.8, 4) is 0 Å². The summed E-state index contributed by atoms with van der Waals surface area (Å²) in [5.74, 6) is 0.651. The van der Waals surface area contributed by atoms with Gasteiger partial charge in [-0.15, -0.1) is 0 Å². The first kappa shape index (κ1) is 13.8. The van der Waals surface area contributed by atoms with Crippen LogP contribution in [0.2, 0.25) is 0 Å². The van der Waals surface area contributed by atoms with Gasteiger partial charge in [-0.1, -0.05) is 0 Å². The molecule has 0 radical (unpaired) electrons. The summed E-state index contributed by atoms with van der Waals surface area (Å²) in [5.41, 5.74) is 1.10. The third-order valence-electron chi connectivity index (χ3n) is 4.07. The number of aliphatic hydroxyl groups excluding tert-OH is 3. The fourth-order valence-corrected chi connectivity index (χ4v) is 2.67. The first-order valence-corrected chi connectivity index (χ1v) is 7.25. The summed E-state index contributed by atoms with van der Waals surface area (Å²) < 4.78 is 7.07. The molecule has 2 aromatic heterocycles. The smallest absolute Gasteiger partial charge is 0.167 e. The summed E-state index contributed by atoms with van der Waals surface area (Å²) in [6.07, 6.45) is 1.15. The molecule has 2 aromatic rings. The second-order valence-corrected chi connectivity index (χ2v) is 5.69. The SMILES string of the molecule is OCC1OC(n2cnc3c(NC4CC4)ncnc32)C(O)C1O. The molecule has 0 aromatic carbocycles. The van der Waals surface area contributed by atoms with Crippen molar-refractivity contribution in [1.29, 1.82) is 0 Å². The lowest BCUT2D eigenvalue weighted by atomic mass is 10.1. The monoisotopic (exact) mass is 307 g/mol. The summed E-state index contributed by atoms with van der Waals surface area (Å²) >= 11 is 0. The van der Waals surface area contributed by atoms with Crippen molar-refractivity contribution in [2.24, 2.45) is 0 Å². The van der Waals surface area contributed by atoms with E-state index in [-0.39, 0.29) is 6.61 Å². The van der Waals surface area contributed by atoms with Crippen molar-refractivity contribution in [2.45, 2.75) is 43.4 Å². The van der Waals surface area contributed by atoms with Gasteiger partial charge >= 0.3 is 0 Å². The lowest BCUT2D eigenvalue weighted by molar-refractivity contribution is -0.0511. The average Bonchev–Trinajstić information content (AvgIpc) is 3.16. The van der Waals surface area contributed by atoms with Crippen LogP contribution >= 0.6 is 0 Å². The minimum absolute atomic E-state index is 0.370. The molecule has 2 aliphatic rings. The number of aromatic nitrogens is 4. The molecular weight excluding hydrogens is 290 g/mol. The Hall–Kier alpha value is -1.81. The van der Waals surface area contributed by atoms with Gasteiger partial charge in [-0.3, -0.25) is 4.57 Å². The zero-order valence-electron chi connectivity index (χ0n) is 11.7. The molecule has 4 atom stereocenters. The van der Waals surface area contributed by atoms with Crippen LogP contribution in [0.1, 0.15) is 19.1 Å². The van der Waals surface area contributed by atoms with E-state index in [1.165, 1.54) is 12.7 Å². The minimum Gasteiger partial charge on any atom is -0.394 e. The van der Waals surface area contributed by atoms with Crippen molar-refractivity contribution < 1.29 is 20.1 Å². The molecule has 4 unspecified atom stereocenters. The predicted octanol–water partition coefficient (Wildman–Crippen LogP) is -0.988. The molecule has 0 bridgehead atoms. The first-order chi connectivity index (χ1) is 10.7. The zero-order chi connectivity index (χ0) is 15.3. The van der Waals surface area contributed by atoms with E-state index in [1.54, 1.807) is 4.57 Å². The van der Waals surface area contributed by atoms with Crippen LogP contribution in [0.4, 0.5) is 5.82 Å². The quantitative estimate of drug-likeness (QED) is 0.567. The fourth-order valence-electron chi connectivity index (χ4n) is 2.67. The maximum absolute atomic E-state index is 10.1. The summed E-state index contributed by atoms with van der Waals surface area (Å²) in [4.78, 5) is 12.7. The van der Waals surface area contributed by atoms with Gasteiger partial charge in [0, 0.05) is 6.04 Å². The number of nitrogens with zero attached hydrogens (tertiary/aromatic N) is 4. The molecule has 4 N–H and O–H groups in total. The van der Waals surface area contributed by atoms with Gasteiger partial charge in [0.1, 0.15) is 24.6 Å². The van der Waals surface area contributed by atoms with Gasteiger partial charge in [0.15, 0.2) is 23.2 Å². The molecule has 22 heavy (non-hydrogen) atoms. The molecule has 0 spiro atoms. The molecule has 0 amide bonds. The topological polar surface area (TPSA) is 126 Å². The van der Waals surface area contributed by atoms with E-state index in [1.807, 2.05) is 0 Å². The predicted molar refractivity (Wildman–Crippen MR) is 75.0 cm³/mol. The molecule has 1 saturated heterocycles. The van der Waals surface area contributed by atoms with Crippen molar-refractivity contribution in [3.05, 3.63) is 12.7 Å². The first-order valence-electron chi connectivity index (χ1n) is 7.25. The third-order valence-corrected chi connectivity index (χ3v) is 4.07. The lowest BCUT2D eigenvalue weighted by Gasteiger charge is -2.16. The van der Waals surface area contributed by atoms with Gasteiger partial charge in [0.25, 0.3) is 0 Å². The molecule has 2 fully saturated rings. The van der Waals surface area contributed by atoms with Crippen molar-refractivity contribution >= 4 is 17.0 Å². The highest BCUT2D eigenvalue weighted by molar-refractivity contribution is 5.83. The van der Waals surface area contributed by atoms with E-state index in [0.717, 1.165) is 12.8 Å². The van der Waals surface area contributed by atoms with E-state index in [0.29, 0.717) is 23.0 Å². The van der Waals surface area contributed by atoms with E-state index in [4.69, 9.17) is 4.74 Å². The Morgan fingerprint density at radius 3 is 2.73 bits per heavy atom. The van der Waals surface area contributed by atoms with Crippen LogP contribution < -0.4 is 5.32 Å². The Kier molecular flexibility index (Phi) is 3.22. The Labute approximate surface area is 125 Å². The summed E-state index contributed by atoms with van der Waals surface area (Å²) in [5, 5.41) is 32.4. The number of anilines is 1. The van der Waals surface area contributed by atoms with Crippen molar-refractivity contribution in [1.82, 2.24) is 19.5 Å². The number of ether oxygens (including phenoxy) is 1. The van der Waals surface area contributed by atoms with E-state index >= 15 is 0 Å². The maximum Gasteiger partial charge on any atom is 0.167 e. The highest BCUT2D eigenvalue weighted by atomic mass is 16.6. The standard InChI is InChI=1S/C13H17N5O4/c19-3-7-9(20)10(21)13(22-7)18-5-16-8-11(17-6-1-2-6)14-4-15-12(8)18/h4-7,9-10,13,19-21H,1-3H2,(H,14,15,17). The molecular formula is C13H17N5O4. The molecule has 9 heteroatoms. The van der Waals surface area contributed by atoms with Crippen LogP contribution in [0.5, 0.6) is 0 Å². The second-order valence-electron chi connectivity index (χ2n) is 5.69. The largest absolute Gasteiger partial charge is 0.394 e. The van der Waals surface area contributed by atoms with Crippen LogP contribution in [-0.4, -0.2) is 65.8 Å². The molecule has 118 valence electrons. The normalized spacial score (nSPS) is 31.8. The Bertz CT molecular complexity index is 688. The Morgan fingerprint density at radius 1 is 1.23 bits per heavy atom. The van der Waals surface area contributed by atoms with Gasteiger partial charge in [-0.05, 0) is 12.8 Å². The molecule has 3 heterocycles. The number of hydrogen-bond acceptors (Lipinski definition) is 8. The van der Waals surface area contributed by atoms with Crippen LogP contribution in [0.25, 0.3) is 11.2 Å². The van der Waals surface area contributed by atoms with Gasteiger partial charge < -0.3 is 25.4 Å². The summed E-state index contributed by atoms with van der Waals surface area (Å²) in [6, 6.07) is 0.428. The number of fused-ring (bicyclic) bond motifs is 1. The van der Waals surface area contributed by atoms with Gasteiger partial charge in [0.05, 0.1) is 12.9 Å². The molecule has 1 saturated carbocycles. The fraction of sp³-hybridized carbons (Fsp3) is 0.615. The van der Waals surface area contributed by atoms with E-state index < -0.39 is 24.5 Å². The number of imidazole rings is 1. The Balaban J connectivity index is 1.70. The van der Waals surface area contributed by atoms with Gasteiger partial charge in [0.2, 0.25) is 0 Å². The van der Waals surface area contributed by atoms with Crippen LogP contribution in [0, 0.1) is 0 Å². The van der Waals surface area contributed by atoms with Gasteiger partial charge in [-0.25, -0.2) is 15.0 Å². The van der Waals surface area contributed by atoms with E-state index in [9.17, 15) is 15.3 Å². The number of rotatable bonds is 4. The Morgan fingerprint density at radius 2 is 2.05 bits per heavy atom. The third kappa shape index (κ3) is 2.13. The number of hydrogen-bond donors (Lipinski definition) is 4. The maximum atomic E-state index is 10.1. The van der Waals surface area contributed by atoms with Crippen LogP contribution in [0.3, 0.4) is 0 Å². The van der Waals surface area contributed by atoms with Crippen molar-refractivity contribution in [3.63, 3.8) is 0 Å².